The molecule has 0 aliphatic heterocycles. The second kappa shape index (κ2) is 8.11. The molecule has 0 atom stereocenters. The minimum Gasteiger partial charge on any atom is -0.325 e. The zero-order chi connectivity index (χ0) is 13.4. The average Bonchev–Trinajstić information content (AvgIpc) is 2.32. The summed E-state index contributed by atoms with van der Waals surface area (Å²) in [7, 11) is 0. The molecule has 100 valence electrons. The second-order valence-corrected chi connectivity index (χ2v) is 4.83. The van der Waals surface area contributed by atoms with Crippen LogP contribution >= 0.6 is 11.6 Å². The van der Waals surface area contributed by atoms with E-state index in [0.29, 0.717) is 11.6 Å². The Balaban J connectivity index is 2.31. The molecule has 0 fully saturated rings. The van der Waals surface area contributed by atoms with Gasteiger partial charge in [0.2, 0.25) is 5.91 Å². The Labute approximate surface area is 114 Å². The second-order valence-electron chi connectivity index (χ2n) is 4.39. The lowest BCUT2D eigenvalue weighted by Crippen LogP contribution is -2.28. The molecule has 18 heavy (non-hydrogen) atoms. The average molecular weight is 269 g/mol. The summed E-state index contributed by atoms with van der Waals surface area (Å²) in [5, 5.41) is 6.68. The summed E-state index contributed by atoms with van der Waals surface area (Å²) >= 11 is 5.86. The van der Waals surface area contributed by atoms with Crippen molar-refractivity contribution in [2.75, 3.05) is 18.4 Å². The van der Waals surface area contributed by atoms with Crippen molar-refractivity contribution < 1.29 is 4.79 Å². The molecule has 2 N–H and O–H groups in total. The molecule has 0 aliphatic carbocycles. The third kappa shape index (κ3) is 5.52. The Morgan fingerprint density at radius 1 is 1.33 bits per heavy atom. The molecule has 0 aromatic heterocycles. The van der Waals surface area contributed by atoms with E-state index in [4.69, 9.17) is 11.6 Å². The summed E-state index contributed by atoms with van der Waals surface area (Å²) < 4.78 is 0. The van der Waals surface area contributed by atoms with Crippen LogP contribution in [0.5, 0.6) is 0 Å². The molecule has 0 bridgehead atoms. The Kier molecular flexibility index (Phi) is 6.76. The Morgan fingerprint density at radius 3 is 2.78 bits per heavy atom. The van der Waals surface area contributed by atoms with Crippen LogP contribution in [0.4, 0.5) is 5.69 Å². The number of anilines is 1. The van der Waals surface area contributed by atoms with Gasteiger partial charge >= 0.3 is 0 Å². The van der Waals surface area contributed by atoms with Gasteiger partial charge in [0.25, 0.3) is 0 Å². The highest BCUT2D eigenvalue weighted by Gasteiger charge is 2.04. The van der Waals surface area contributed by atoms with E-state index in [9.17, 15) is 4.79 Å². The van der Waals surface area contributed by atoms with Crippen molar-refractivity contribution in [3.63, 3.8) is 0 Å². The van der Waals surface area contributed by atoms with Crippen LogP contribution in [0.1, 0.15) is 31.7 Å². The fraction of sp³-hybridized carbons (Fsp3) is 0.500. The molecule has 0 aliphatic rings. The minimum atomic E-state index is -0.0167. The molecule has 4 heteroatoms. The van der Waals surface area contributed by atoms with Crippen molar-refractivity contribution >= 4 is 23.2 Å². The summed E-state index contributed by atoms with van der Waals surface area (Å²) in [4.78, 5) is 11.7. The van der Waals surface area contributed by atoms with Gasteiger partial charge in [0.05, 0.1) is 6.54 Å². The van der Waals surface area contributed by atoms with Crippen molar-refractivity contribution in [1.29, 1.82) is 0 Å². The zero-order valence-electron chi connectivity index (χ0n) is 11.1. The number of amides is 1. The first-order chi connectivity index (χ1) is 8.63. The standard InChI is InChI=1S/C14H21ClN2O/c1-3-4-5-8-16-10-14(18)17-13-7-6-12(15)9-11(13)2/h6-7,9,16H,3-5,8,10H2,1-2H3,(H,17,18). The number of benzene rings is 1. The predicted molar refractivity (Wildman–Crippen MR) is 77.2 cm³/mol. The molecule has 1 aromatic carbocycles. The van der Waals surface area contributed by atoms with Crippen molar-refractivity contribution in [2.45, 2.75) is 33.1 Å². The van der Waals surface area contributed by atoms with Gasteiger partial charge in [-0.15, -0.1) is 0 Å². The Hall–Kier alpha value is -1.06. The van der Waals surface area contributed by atoms with E-state index in [1.165, 1.54) is 12.8 Å². The third-order valence-corrected chi connectivity index (χ3v) is 2.94. The Bertz CT molecular complexity index is 393. The van der Waals surface area contributed by atoms with Crippen LogP contribution in [0.3, 0.4) is 0 Å². The van der Waals surface area contributed by atoms with Crippen LogP contribution in [0.15, 0.2) is 18.2 Å². The maximum Gasteiger partial charge on any atom is 0.238 e. The molecule has 0 unspecified atom stereocenters. The number of nitrogens with one attached hydrogen (secondary N) is 2. The molecule has 1 aromatic rings. The largest absolute Gasteiger partial charge is 0.325 e. The number of carbonyl (C=O) groups excluding carboxylic acids is 1. The summed E-state index contributed by atoms with van der Waals surface area (Å²) in [6, 6.07) is 5.44. The van der Waals surface area contributed by atoms with Crippen LogP contribution in [-0.4, -0.2) is 19.0 Å². The number of aryl methyl sites for hydroxylation is 1. The molecule has 0 saturated heterocycles. The number of carbonyl (C=O) groups is 1. The van der Waals surface area contributed by atoms with Gasteiger partial charge in [-0.3, -0.25) is 4.79 Å². The van der Waals surface area contributed by atoms with E-state index in [1.54, 1.807) is 6.07 Å². The van der Waals surface area contributed by atoms with Crippen molar-refractivity contribution in [3.05, 3.63) is 28.8 Å². The minimum absolute atomic E-state index is 0.0167. The summed E-state index contributed by atoms with van der Waals surface area (Å²) in [5.74, 6) is -0.0167. The number of hydrogen-bond donors (Lipinski definition) is 2. The first-order valence-corrected chi connectivity index (χ1v) is 6.78. The van der Waals surface area contributed by atoms with E-state index in [0.717, 1.165) is 24.2 Å². The van der Waals surface area contributed by atoms with E-state index in [-0.39, 0.29) is 5.91 Å². The summed E-state index contributed by atoms with van der Waals surface area (Å²) in [6.07, 6.45) is 3.51. The van der Waals surface area contributed by atoms with Crippen LogP contribution in [0.25, 0.3) is 0 Å². The van der Waals surface area contributed by atoms with E-state index in [1.807, 2.05) is 19.1 Å². The van der Waals surface area contributed by atoms with Crippen LogP contribution in [0.2, 0.25) is 5.02 Å². The van der Waals surface area contributed by atoms with Gasteiger partial charge in [-0.05, 0) is 43.7 Å². The van der Waals surface area contributed by atoms with Gasteiger partial charge < -0.3 is 10.6 Å². The van der Waals surface area contributed by atoms with Crippen molar-refractivity contribution in [2.24, 2.45) is 0 Å². The van der Waals surface area contributed by atoms with Gasteiger partial charge in [0, 0.05) is 10.7 Å². The third-order valence-electron chi connectivity index (χ3n) is 2.71. The lowest BCUT2D eigenvalue weighted by molar-refractivity contribution is -0.115. The van der Waals surface area contributed by atoms with E-state index >= 15 is 0 Å². The highest BCUT2D eigenvalue weighted by Crippen LogP contribution is 2.19. The van der Waals surface area contributed by atoms with Crippen molar-refractivity contribution in [3.8, 4) is 0 Å². The number of rotatable bonds is 7. The van der Waals surface area contributed by atoms with Gasteiger partial charge in [0.1, 0.15) is 0 Å². The first-order valence-electron chi connectivity index (χ1n) is 6.40. The molecule has 1 rings (SSSR count). The van der Waals surface area contributed by atoms with Crippen LogP contribution in [-0.2, 0) is 4.79 Å². The van der Waals surface area contributed by atoms with Gasteiger partial charge in [-0.2, -0.15) is 0 Å². The van der Waals surface area contributed by atoms with Gasteiger partial charge in [-0.25, -0.2) is 0 Å². The molecule has 0 heterocycles. The molecule has 1 amide bonds. The fourth-order valence-corrected chi connectivity index (χ4v) is 1.89. The molecule has 0 radical (unpaired) electrons. The lowest BCUT2D eigenvalue weighted by Gasteiger charge is -2.09. The molecular weight excluding hydrogens is 248 g/mol. The maximum absolute atomic E-state index is 11.7. The molecule has 3 nitrogen and oxygen atoms in total. The first kappa shape index (κ1) is 15.0. The van der Waals surface area contributed by atoms with E-state index in [2.05, 4.69) is 17.6 Å². The zero-order valence-corrected chi connectivity index (χ0v) is 11.8. The van der Waals surface area contributed by atoms with Crippen LogP contribution in [0, 0.1) is 6.92 Å². The number of halogens is 1. The van der Waals surface area contributed by atoms with Gasteiger partial charge in [0.15, 0.2) is 0 Å². The smallest absolute Gasteiger partial charge is 0.238 e. The fourth-order valence-electron chi connectivity index (χ4n) is 1.66. The molecular formula is C14H21ClN2O. The maximum atomic E-state index is 11.7. The quantitative estimate of drug-likeness (QED) is 0.745. The summed E-state index contributed by atoms with van der Waals surface area (Å²) in [6.45, 7) is 5.33. The Morgan fingerprint density at radius 2 is 2.11 bits per heavy atom. The normalized spacial score (nSPS) is 10.4. The topological polar surface area (TPSA) is 41.1 Å². The monoisotopic (exact) mass is 268 g/mol. The summed E-state index contributed by atoms with van der Waals surface area (Å²) in [5.41, 5.74) is 1.79. The SMILES string of the molecule is CCCCCNCC(=O)Nc1ccc(Cl)cc1C. The number of hydrogen-bond acceptors (Lipinski definition) is 2. The van der Waals surface area contributed by atoms with E-state index < -0.39 is 0 Å². The van der Waals surface area contributed by atoms with Crippen LogP contribution < -0.4 is 10.6 Å². The highest BCUT2D eigenvalue weighted by atomic mass is 35.5. The van der Waals surface area contributed by atoms with Gasteiger partial charge in [-0.1, -0.05) is 31.4 Å². The lowest BCUT2D eigenvalue weighted by atomic mass is 10.2. The predicted octanol–water partition coefficient (Wildman–Crippen LogP) is 3.37. The number of unbranched alkanes of at least 4 members (excludes halogenated alkanes) is 2. The molecule has 0 spiro atoms. The van der Waals surface area contributed by atoms with Crippen molar-refractivity contribution in [1.82, 2.24) is 5.32 Å². The molecule has 0 saturated carbocycles. The highest BCUT2D eigenvalue weighted by molar-refractivity contribution is 6.30.